The van der Waals surface area contributed by atoms with Crippen LogP contribution in [0.2, 0.25) is 0 Å². The minimum atomic E-state index is -0.138. The Balaban J connectivity index is 1.14. The van der Waals surface area contributed by atoms with E-state index in [1.807, 2.05) is 18.2 Å². The molecule has 0 bridgehead atoms. The Kier molecular flexibility index (Phi) is 4.49. The molecule has 184 valence electrons. The van der Waals surface area contributed by atoms with Crippen LogP contribution in [-0.4, -0.2) is 41.3 Å². The van der Waals surface area contributed by atoms with E-state index in [9.17, 15) is 14.4 Å². The van der Waals surface area contributed by atoms with Crippen molar-refractivity contribution in [3.63, 3.8) is 0 Å². The Morgan fingerprint density at radius 1 is 1.00 bits per heavy atom. The third kappa shape index (κ3) is 2.82. The molecule has 6 aliphatic rings. The van der Waals surface area contributed by atoms with Gasteiger partial charge in [0.25, 0.3) is 11.8 Å². The first-order chi connectivity index (χ1) is 16.7. The molecule has 1 saturated heterocycles. The van der Waals surface area contributed by atoms with Gasteiger partial charge >= 0.3 is 0 Å². The Morgan fingerprint density at radius 3 is 2.43 bits per heavy atom. The molecule has 9 atom stereocenters. The highest BCUT2D eigenvalue weighted by Crippen LogP contribution is 2.70. The van der Waals surface area contributed by atoms with Crippen molar-refractivity contribution in [2.75, 3.05) is 6.54 Å². The molecule has 0 radical (unpaired) electrons. The van der Waals surface area contributed by atoms with Gasteiger partial charge in [0.15, 0.2) is 5.78 Å². The molecule has 7 rings (SSSR count). The van der Waals surface area contributed by atoms with Crippen LogP contribution in [0.15, 0.2) is 35.9 Å². The number of hydrogen-bond donors (Lipinski definition) is 0. The maximum atomic E-state index is 13.0. The van der Waals surface area contributed by atoms with E-state index in [2.05, 4.69) is 20.8 Å². The van der Waals surface area contributed by atoms with Gasteiger partial charge in [0.1, 0.15) is 6.10 Å². The lowest BCUT2D eigenvalue weighted by Crippen LogP contribution is -2.54. The van der Waals surface area contributed by atoms with E-state index in [4.69, 9.17) is 4.74 Å². The fourth-order valence-corrected chi connectivity index (χ4v) is 9.60. The molecule has 2 aliphatic heterocycles. The van der Waals surface area contributed by atoms with Crippen LogP contribution in [0.4, 0.5) is 0 Å². The number of carbonyl (C=O) groups is 3. The highest BCUT2D eigenvalue weighted by Gasteiger charge is 2.69. The Bertz CT molecular complexity index is 1150. The fraction of sp³-hybridized carbons (Fsp3) is 0.633. The van der Waals surface area contributed by atoms with Crippen LogP contribution in [-0.2, 0) is 9.53 Å². The van der Waals surface area contributed by atoms with Crippen molar-refractivity contribution < 1.29 is 19.1 Å². The maximum Gasteiger partial charge on any atom is 0.261 e. The fourth-order valence-electron chi connectivity index (χ4n) is 9.60. The molecule has 0 spiro atoms. The minimum Gasteiger partial charge on any atom is -0.365 e. The van der Waals surface area contributed by atoms with Gasteiger partial charge in [-0.2, -0.15) is 0 Å². The summed E-state index contributed by atoms with van der Waals surface area (Å²) < 4.78 is 6.33. The van der Waals surface area contributed by atoms with Gasteiger partial charge < -0.3 is 4.74 Å². The van der Waals surface area contributed by atoms with E-state index in [0.717, 1.165) is 12.8 Å². The lowest BCUT2D eigenvalue weighted by molar-refractivity contribution is -0.117. The van der Waals surface area contributed by atoms with Crippen LogP contribution >= 0.6 is 0 Å². The van der Waals surface area contributed by atoms with Gasteiger partial charge in [-0.15, -0.1) is 0 Å². The van der Waals surface area contributed by atoms with Crippen LogP contribution in [0.25, 0.3) is 0 Å². The molecule has 1 aromatic rings. The van der Waals surface area contributed by atoms with E-state index in [1.54, 1.807) is 12.1 Å². The zero-order chi connectivity index (χ0) is 24.3. The van der Waals surface area contributed by atoms with E-state index >= 15 is 0 Å². The molecular weight excluding hydrogens is 438 g/mol. The molecule has 2 heterocycles. The first kappa shape index (κ1) is 22.0. The van der Waals surface area contributed by atoms with Crippen LogP contribution in [0.1, 0.15) is 80.0 Å². The van der Waals surface area contributed by atoms with Crippen molar-refractivity contribution in [2.24, 2.45) is 40.4 Å². The van der Waals surface area contributed by atoms with Gasteiger partial charge in [-0.25, -0.2) is 0 Å². The van der Waals surface area contributed by atoms with Crippen molar-refractivity contribution in [3.05, 3.63) is 47.0 Å². The number of rotatable bonds is 3. The Labute approximate surface area is 207 Å². The quantitative estimate of drug-likeness (QED) is 0.455. The number of carbonyl (C=O) groups excluding carboxylic acids is 3. The van der Waals surface area contributed by atoms with E-state index in [1.165, 1.54) is 29.7 Å². The average molecular weight is 474 g/mol. The largest absolute Gasteiger partial charge is 0.365 e. The molecule has 4 aliphatic carbocycles. The van der Waals surface area contributed by atoms with Crippen molar-refractivity contribution in [2.45, 2.75) is 71.5 Å². The standard InChI is InChI=1S/C30H35NO4/c1-16(15-31-27(33)18-6-4-5-7-19(18)28(31)34)20-8-9-21-24-22(11-13-29(20,21)2)30(3)12-10-17(32)14-23(30)25-26(24)35-25/h4-7,14,16,20-22,24-26H,8-13,15H2,1-3H3/t16-,20?,21?,22?,24?,25+,26-,29-,30-/m1/s1. The SMILES string of the molecule is C[C@H](CN1C(=O)c2ccccc2C1=O)C1CCC2C3C(CC[C@@]21C)[C@@]1(C)CCC(=O)C=C1[C@@H]1O[C@H]31. The molecule has 4 unspecified atom stereocenters. The van der Waals surface area contributed by atoms with Crippen molar-refractivity contribution in [1.29, 1.82) is 0 Å². The molecule has 0 N–H and O–H groups in total. The summed E-state index contributed by atoms with van der Waals surface area (Å²) in [5.41, 5.74) is 2.68. The molecule has 5 nitrogen and oxygen atoms in total. The normalized spacial score (nSPS) is 44.1. The van der Waals surface area contributed by atoms with Gasteiger partial charge in [-0.3, -0.25) is 19.3 Å². The predicted molar refractivity (Wildman–Crippen MR) is 131 cm³/mol. The van der Waals surface area contributed by atoms with Crippen LogP contribution in [0.5, 0.6) is 0 Å². The molecular formula is C30H35NO4. The van der Waals surface area contributed by atoms with E-state index in [-0.39, 0.29) is 46.6 Å². The van der Waals surface area contributed by atoms with Gasteiger partial charge in [0, 0.05) is 13.0 Å². The second kappa shape index (κ2) is 7.15. The van der Waals surface area contributed by atoms with E-state index < -0.39 is 0 Å². The summed E-state index contributed by atoms with van der Waals surface area (Å²) in [4.78, 5) is 39.7. The van der Waals surface area contributed by atoms with Gasteiger partial charge in [-0.1, -0.05) is 32.9 Å². The summed E-state index contributed by atoms with van der Waals surface area (Å²) in [6.07, 6.45) is 8.73. The van der Waals surface area contributed by atoms with Gasteiger partial charge in [-0.05, 0) is 96.3 Å². The first-order valence-corrected chi connectivity index (χ1v) is 13.6. The van der Waals surface area contributed by atoms with Crippen molar-refractivity contribution in [3.8, 4) is 0 Å². The average Bonchev–Trinajstić information content (AvgIpc) is 3.51. The zero-order valence-corrected chi connectivity index (χ0v) is 21.0. The molecule has 5 heteroatoms. The lowest BCUT2D eigenvalue weighted by Gasteiger charge is -2.57. The number of ketones is 1. The Morgan fingerprint density at radius 2 is 1.71 bits per heavy atom. The van der Waals surface area contributed by atoms with Crippen molar-refractivity contribution in [1.82, 2.24) is 4.90 Å². The number of benzene rings is 1. The number of amides is 2. The molecule has 0 aromatic heterocycles. The van der Waals surface area contributed by atoms with Crippen molar-refractivity contribution >= 4 is 17.6 Å². The highest BCUT2D eigenvalue weighted by molar-refractivity contribution is 6.21. The number of hydrogen-bond acceptors (Lipinski definition) is 4. The molecule has 3 saturated carbocycles. The summed E-state index contributed by atoms with van der Waals surface area (Å²) in [6.45, 7) is 7.64. The van der Waals surface area contributed by atoms with Crippen LogP contribution in [0, 0.1) is 40.4 Å². The monoisotopic (exact) mass is 473 g/mol. The summed E-state index contributed by atoms with van der Waals surface area (Å²) in [7, 11) is 0. The summed E-state index contributed by atoms with van der Waals surface area (Å²) in [5, 5.41) is 0. The van der Waals surface area contributed by atoms with Crippen LogP contribution < -0.4 is 0 Å². The third-order valence-corrected chi connectivity index (χ3v) is 11.3. The minimum absolute atomic E-state index is 0.0987. The topological polar surface area (TPSA) is 67.0 Å². The number of epoxide rings is 1. The predicted octanol–water partition coefficient (Wildman–Crippen LogP) is 5.05. The maximum absolute atomic E-state index is 13.0. The molecule has 4 fully saturated rings. The zero-order valence-electron chi connectivity index (χ0n) is 21.0. The van der Waals surface area contributed by atoms with Gasteiger partial charge in [0.2, 0.25) is 0 Å². The number of ether oxygens (including phenoxy) is 1. The summed E-state index contributed by atoms with van der Waals surface area (Å²) in [6, 6.07) is 7.20. The number of imide groups is 1. The number of fused-ring (bicyclic) bond motifs is 9. The lowest BCUT2D eigenvalue weighted by atomic mass is 9.46. The van der Waals surface area contributed by atoms with Crippen LogP contribution in [0.3, 0.4) is 0 Å². The smallest absolute Gasteiger partial charge is 0.261 e. The summed E-state index contributed by atoms with van der Waals surface area (Å²) in [5.74, 6) is 2.52. The molecule has 1 aromatic carbocycles. The third-order valence-electron chi connectivity index (χ3n) is 11.3. The summed E-state index contributed by atoms with van der Waals surface area (Å²) >= 11 is 0. The van der Waals surface area contributed by atoms with E-state index in [0.29, 0.717) is 47.8 Å². The second-order valence-electron chi connectivity index (χ2n) is 12.8. The first-order valence-electron chi connectivity index (χ1n) is 13.6. The molecule has 35 heavy (non-hydrogen) atoms. The van der Waals surface area contributed by atoms with Gasteiger partial charge in [0.05, 0.1) is 17.2 Å². The second-order valence-corrected chi connectivity index (χ2v) is 12.8. The molecule has 2 amide bonds. The number of nitrogens with zero attached hydrogens (tertiary/aromatic N) is 1. The Hall–Kier alpha value is -2.27. The highest BCUT2D eigenvalue weighted by atomic mass is 16.6.